The number of rotatable bonds is 4. The Morgan fingerprint density at radius 3 is 2.33 bits per heavy atom. The fourth-order valence-electron chi connectivity index (χ4n) is 3.72. The van der Waals surface area contributed by atoms with Crippen LogP contribution < -0.4 is 9.47 Å². The van der Waals surface area contributed by atoms with Gasteiger partial charge in [-0.2, -0.15) is 0 Å². The molecular weight excluding hydrogens is 385 g/mol. The van der Waals surface area contributed by atoms with E-state index in [1.165, 1.54) is 5.56 Å². The minimum Gasteiger partial charge on any atom is -0.493 e. The number of benzene rings is 2. The van der Waals surface area contributed by atoms with Crippen LogP contribution in [0, 0.1) is 5.92 Å². The predicted molar refractivity (Wildman–Crippen MR) is 108 cm³/mol. The number of ether oxygens (including phenoxy) is 2. The highest BCUT2D eigenvalue weighted by Crippen LogP contribution is 2.41. The molecule has 4 nitrogen and oxygen atoms in total. The van der Waals surface area contributed by atoms with Crippen molar-refractivity contribution < 1.29 is 14.3 Å². The van der Waals surface area contributed by atoms with Gasteiger partial charge in [-0.1, -0.05) is 37.0 Å². The van der Waals surface area contributed by atoms with Crippen LogP contribution in [-0.2, 0) is 6.42 Å². The van der Waals surface area contributed by atoms with Crippen LogP contribution in [0.4, 0.5) is 0 Å². The van der Waals surface area contributed by atoms with Crippen molar-refractivity contribution in [2.45, 2.75) is 26.3 Å². The molecular formula is C21H23Cl2NO3. The number of fused-ring (bicyclic) bond motifs is 1. The van der Waals surface area contributed by atoms with Crippen molar-refractivity contribution in [3.8, 4) is 11.5 Å². The van der Waals surface area contributed by atoms with Gasteiger partial charge in [0.05, 0.1) is 30.3 Å². The molecule has 2 aromatic carbocycles. The van der Waals surface area contributed by atoms with E-state index in [2.05, 4.69) is 13.8 Å². The Morgan fingerprint density at radius 2 is 1.74 bits per heavy atom. The number of carbonyl (C=O) groups excluding carboxylic acids is 1. The van der Waals surface area contributed by atoms with Crippen molar-refractivity contribution in [2.24, 2.45) is 5.92 Å². The first-order valence-corrected chi connectivity index (χ1v) is 9.63. The zero-order chi connectivity index (χ0) is 19.7. The van der Waals surface area contributed by atoms with Crippen molar-refractivity contribution in [2.75, 3.05) is 20.8 Å². The third-order valence-corrected chi connectivity index (χ3v) is 5.72. The fourth-order valence-corrected chi connectivity index (χ4v) is 4.02. The van der Waals surface area contributed by atoms with Crippen molar-refractivity contribution in [1.29, 1.82) is 0 Å². The first kappa shape index (κ1) is 19.8. The summed E-state index contributed by atoms with van der Waals surface area (Å²) in [5.41, 5.74) is 2.82. The van der Waals surface area contributed by atoms with Crippen molar-refractivity contribution in [3.63, 3.8) is 0 Å². The van der Waals surface area contributed by atoms with Gasteiger partial charge in [0.25, 0.3) is 5.91 Å². The second-order valence-electron chi connectivity index (χ2n) is 6.97. The van der Waals surface area contributed by atoms with Crippen molar-refractivity contribution in [3.05, 3.63) is 57.1 Å². The highest BCUT2D eigenvalue weighted by Gasteiger charge is 2.34. The van der Waals surface area contributed by atoms with E-state index in [0.717, 1.165) is 12.0 Å². The molecule has 0 saturated heterocycles. The van der Waals surface area contributed by atoms with Crippen LogP contribution in [0.5, 0.6) is 11.5 Å². The molecule has 144 valence electrons. The Balaban J connectivity index is 2.03. The SMILES string of the molecule is COc1cc2c(cc1OC)[C@@H](C(C)C)N(C(=O)c1ccc(Cl)c(Cl)c1)CC2. The van der Waals surface area contributed by atoms with E-state index < -0.39 is 0 Å². The first-order chi connectivity index (χ1) is 12.9. The van der Waals surface area contributed by atoms with Crippen LogP contribution in [0.3, 0.4) is 0 Å². The molecule has 0 spiro atoms. The molecule has 1 atom stereocenters. The standard InChI is InChI=1S/C21H23Cl2NO3/c1-12(2)20-15-11-19(27-4)18(26-3)10-13(15)7-8-24(20)21(25)14-5-6-16(22)17(23)9-14/h5-6,9-12,20H,7-8H2,1-4H3/t20-/m1/s1. The summed E-state index contributed by atoms with van der Waals surface area (Å²) in [7, 11) is 3.25. The molecule has 0 saturated carbocycles. The molecule has 6 heteroatoms. The molecule has 2 aromatic rings. The quantitative estimate of drug-likeness (QED) is 0.680. The number of hydrogen-bond acceptors (Lipinski definition) is 3. The van der Waals surface area contributed by atoms with Crippen LogP contribution in [-0.4, -0.2) is 31.6 Å². The van der Waals surface area contributed by atoms with Crippen molar-refractivity contribution >= 4 is 29.1 Å². The summed E-state index contributed by atoms with van der Waals surface area (Å²) < 4.78 is 10.9. The maximum absolute atomic E-state index is 13.2. The molecule has 1 heterocycles. The van der Waals surface area contributed by atoms with E-state index in [0.29, 0.717) is 33.7 Å². The molecule has 0 unspecified atom stereocenters. The summed E-state index contributed by atoms with van der Waals surface area (Å²) in [6.07, 6.45) is 0.756. The third-order valence-electron chi connectivity index (χ3n) is 4.98. The van der Waals surface area contributed by atoms with Crippen molar-refractivity contribution in [1.82, 2.24) is 4.90 Å². The zero-order valence-corrected chi connectivity index (χ0v) is 17.4. The Hall–Kier alpha value is -1.91. The van der Waals surface area contributed by atoms with Gasteiger partial charge in [-0.15, -0.1) is 0 Å². The van der Waals surface area contributed by atoms with Gasteiger partial charge in [0.15, 0.2) is 11.5 Å². The number of methoxy groups -OCH3 is 2. The number of amides is 1. The molecule has 0 fully saturated rings. The van der Waals surface area contributed by atoms with Gasteiger partial charge in [-0.05, 0) is 53.8 Å². The minimum atomic E-state index is -0.0597. The molecule has 0 radical (unpaired) electrons. The van der Waals surface area contributed by atoms with E-state index >= 15 is 0 Å². The lowest BCUT2D eigenvalue weighted by molar-refractivity contribution is 0.0603. The molecule has 1 aliphatic rings. The monoisotopic (exact) mass is 407 g/mol. The van der Waals surface area contributed by atoms with Gasteiger partial charge in [0, 0.05) is 12.1 Å². The Bertz CT molecular complexity index is 867. The number of nitrogens with zero attached hydrogens (tertiary/aromatic N) is 1. The summed E-state index contributed by atoms with van der Waals surface area (Å²) in [5, 5.41) is 0.821. The molecule has 1 amide bonds. The number of carbonyl (C=O) groups is 1. The average Bonchev–Trinajstić information content (AvgIpc) is 2.67. The molecule has 27 heavy (non-hydrogen) atoms. The number of halogens is 2. The topological polar surface area (TPSA) is 38.8 Å². The molecule has 0 N–H and O–H groups in total. The van der Waals surface area contributed by atoms with E-state index in [-0.39, 0.29) is 17.9 Å². The smallest absolute Gasteiger partial charge is 0.254 e. The lowest BCUT2D eigenvalue weighted by atomic mass is 9.85. The average molecular weight is 408 g/mol. The minimum absolute atomic E-state index is 0.0484. The molecule has 1 aliphatic heterocycles. The van der Waals surface area contributed by atoms with Crippen LogP contribution >= 0.6 is 23.2 Å². The lowest BCUT2D eigenvalue weighted by Crippen LogP contribution is -2.42. The summed E-state index contributed by atoms with van der Waals surface area (Å²) >= 11 is 12.1. The summed E-state index contributed by atoms with van der Waals surface area (Å²) in [5.74, 6) is 1.57. The largest absolute Gasteiger partial charge is 0.493 e. The number of hydrogen-bond donors (Lipinski definition) is 0. The Labute approximate surface area is 170 Å². The maximum Gasteiger partial charge on any atom is 0.254 e. The van der Waals surface area contributed by atoms with E-state index in [9.17, 15) is 4.79 Å². The van der Waals surface area contributed by atoms with Gasteiger partial charge >= 0.3 is 0 Å². The van der Waals surface area contributed by atoms with Gasteiger partial charge in [-0.25, -0.2) is 0 Å². The Morgan fingerprint density at radius 1 is 1.07 bits per heavy atom. The maximum atomic E-state index is 13.2. The van der Waals surface area contributed by atoms with Crippen LogP contribution in [0.15, 0.2) is 30.3 Å². The van der Waals surface area contributed by atoms with Gasteiger partial charge < -0.3 is 14.4 Å². The normalized spacial score (nSPS) is 16.3. The van der Waals surface area contributed by atoms with Crippen LogP contribution in [0.1, 0.15) is 41.4 Å². The molecule has 0 bridgehead atoms. The Kier molecular flexibility index (Phi) is 5.87. The molecule has 3 rings (SSSR count). The molecule has 0 aliphatic carbocycles. The second-order valence-corrected chi connectivity index (χ2v) is 7.79. The lowest BCUT2D eigenvalue weighted by Gasteiger charge is -2.40. The van der Waals surface area contributed by atoms with Gasteiger partial charge in [-0.3, -0.25) is 4.79 Å². The second kappa shape index (κ2) is 7.99. The summed E-state index contributed by atoms with van der Waals surface area (Å²) in [6.45, 7) is 4.86. The highest BCUT2D eigenvalue weighted by molar-refractivity contribution is 6.42. The summed E-state index contributed by atoms with van der Waals surface area (Å²) in [4.78, 5) is 15.1. The third kappa shape index (κ3) is 3.74. The molecule has 0 aromatic heterocycles. The van der Waals surface area contributed by atoms with E-state index in [1.807, 2.05) is 17.0 Å². The van der Waals surface area contributed by atoms with Crippen LogP contribution in [0.2, 0.25) is 10.0 Å². The fraction of sp³-hybridized carbons (Fsp3) is 0.381. The van der Waals surface area contributed by atoms with Gasteiger partial charge in [0.2, 0.25) is 0 Å². The summed E-state index contributed by atoms with van der Waals surface area (Å²) in [6, 6.07) is 8.96. The van der Waals surface area contributed by atoms with Crippen LogP contribution in [0.25, 0.3) is 0 Å². The van der Waals surface area contributed by atoms with Gasteiger partial charge in [0.1, 0.15) is 0 Å². The zero-order valence-electron chi connectivity index (χ0n) is 15.9. The van der Waals surface area contributed by atoms with E-state index in [4.69, 9.17) is 32.7 Å². The first-order valence-electron chi connectivity index (χ1n) is 8.88. The predicted octanol–water partition coefficient (Wildman–Crippen LogP) is 5.41. The highest BCUT2D eigenvalue weighted by atomic mass is 35.5. The van der Waals surface area contributed by atoms with E-state index in [1.54, 1.807) is 32.4 Å².